The third-order valence-corrected chi connectivity index (χ3v) is 6.88. The Bertz CT molecular complexity index is 1340. The minimum atomic E-state index is -0.335. The van der Waals surface area contributed by atoms with Gasteiger partial charge in [0.25, 0.3) is 0 Å². The Morgan fingerprint density at radius 1 is 1.00 bits per heavy atom. The molecule has 0 saturated carbocycles. The summed E-state index contributed by atoms with van der Waals surface area (Å²) in [5.74, 6) is 1.65. The number of carbonyl (C=O) groups is 1. The van der Waals surface area contributed by atoms with Crippen LogP contribution in [0.5, 0.6) is 17.2 Å². The van der Waals surface area contributed by atoms with E-state index in [1.807, 2.05) is 36.4 Å². The van der Waals surface area contributed by atoms with Crippen LogP contribution in [0.1, 0.15) is 48.9 Å². The van der Waals surface area contributed by atoms with Crippen molar-refractivity contribution in [3.8, 4) is 28.4 Å². The van der Waals surface area contributed by atoms with Gasteiger partial charge in [0.1, 0.15) is 0 Å². The standard InChI is InChI=1S/C30H34N2O5/c1-18(20-9-7-6-8-10-20)17-31-25-14-12-22-23(16-26(25)34)24(32-19(2)33)13-11-21-15-27(35-3)29(36-4)30(37-5)28(21)22/h6-10,12,14-16,18,24H,11,13,17H2,1-5H3,(H,31,34)(H,32,33)/t18-,24-/m0/s1. The van der Waals surface area contributed by atoms with Crippen molar-refractivity contribution in [2.24, 2.45) is 0 Å². The van der Waals surface area contributed by atoms with Gasteiger partial charge in [-0.25, -0.2) is 0 Å². The maximum Gasteiger partial charge on any atom is 0.217 e. The zero-order chi connectivity index (χ0) is 26.5. The number of carbonyl (C=O) groups excluding carboxylic acids is 1. The topological polar surface area (TPSA) is 85.9 Å². The fraction of sp³-hybridized carbons (Fsp3) is 0.333. The predicted octanol–water partition coefficient (Wildman–Crippen LogP) is 5.08. The van der Waals surface area contributed by atoms with Gasteiger partial charge in [-0.15, -0.1) is 0 Å². The van der Waals surface area contributed by atoms with Crippen LogP contribution in [0.25, 0.3) is 11.1 Å². The summed E-state index contributed by atoms with van der Waals surface area (Å²) in [5, 5.41) is 6.38. The van der Waals surface area contributed by atoms with Crippen LogP contribution in [0.4, 0.5) is 5.69 Å². The van der Waals surface area contributed by atoms with Gasteiger partial charge < -0.3 is 24.8 Å². The van der Waals surface area contributed by atoms with E-state index in [4.69, 9.17) is 14.2 Å². The van der Waals surface area contributed by atoms with Gasteiger partial charge in [0.2, 0.25) is 17.1 Å². The van der Waals surface area contributed by atoms with Crippen molar-refractivity contribution in [2.75, 3.05) is 33.2 Å². The van der Waals surface area contributed by atoms with E-state index >= 15 is 0 Å². The van der Waals surface area contributed by atoms with Crippen LogP contribution < -0.4 is 30.3 Å². The van der Waals surface area contributed by atoms with Crippen LogP contribution in [0.15, 0.2) is 59.4 Å². The molecule has 0 spiro atoms. The lowest BCUT2D eigenvalue weighted by Crippen LogP contribution is -2.26. The molecule has 0 bridgehead atoms. The van der Waals surface area contributed by atoms with E-state index in [2.05, 4.69) is 29.7 Å². The van der Waals surface area contributed by atoms with Gasteiger partial charge in [0.15, 0.2) is 11.5 Å². The zero-order valence-electron chi connectivity index (χ0n) is 22.0. The highest BCUT2D eigenvalue weighted by molar-refractivity contribution is 5.83. The van der Waals surface area contributed by atoms with Gasteiger partial charge in [-0.2, -0.15) is 0 Å². The lowest BCUT2D eigenvalue weighted by atomic mass is 9.95. The van der Waals surface area contributed by atoms with Crippen LogP contribution in [0.3, 0.4) is 0 Å². The molecule has 1 amide bonds. The van der Waals surface area contributed by atoms with E-state index in [0.29, 0.717) is 42.3 Å². The number of rotatable bonds is 8. The summed E-state index contributed by atoms with van der Waals surface area (Å²) < 4.78 is 17.1. The molecule has 0 unspecified atom stereocenters. The largest absolute Gasteiger partial charge is 0.493 e. The van der Waals surface area contributed by atoms with E-state index in [9.17, 15) is 9.59 Å². The van der Waals surface area contributed by atoms with Crippen LogP contribution in [0, 0.1) is 0 Å². The second-order valence-electron chi connectivity index (χ2n) is 9.29. The van der Waals surface area contributed by atoms with Gasteiger partial charge in [-0.05, 0) is 59.2 Å². The van der Waals surface area contributed by atoms with Crippen LogP contribution in [-0.4, -0.2) is 33.8 Å². The van der Waals surface area contributed by atoms with E-state index in [1.54, 1.807) is 27.4 Å². The molecule has 0 radical (unpaired) electrons. The molecule has 4 rings (SSSR count). The quantitative estimate of drug-likeness (QED) is 0.447. The number of anilines is 1. The maximum atomic E-state index is 13.4. The number of aryl methyl sites for hydroxylation is 1. The monoisotopic (exact) mass is 502 g/mol. The molecule has 0 aromatic heterocycles. The van der Waals surface area contributed by atoms with E-state index in [0.717, 1.165) is 22.3 Å². The van der Waals surface area contributed by atoms with Crippen LogP contribution in [-0.2, 0) is 11.2 Å². The van der Waals surface area contributed by atoms with Crippen molar-refractivity contribution >= 4 is 11.6 Å². The number of hydrogen-bond donors (Lipinski definition) is 2. The van der Waals surface area contributed by atoms with Crippen molar-refractivity contribution in [3.63, 3.8) is 0 Å². The molecule has 0 fully saturated rings. The highest BCUT2D eigenvalue weighted by Crippen LogP contribution is 2.50. The summed E-state index contributed by atoms with van der Waals surface area (Å²) in [6, 6.07) is 17.2. The molecule has 3 aromatic rings. The molecule has 0 heterocycles. The van der Waals surface area contributed by atoms with E-state index < -0.39 is 0 Å². The number of amides is 1. The third kappa shape index (κ3) is 5.40. The molecular formula is C30H34N2O5. The van der Waals surface area contributed by atoms with Gasteiger partial charge in [0, 0.05) is 19.0 Å². The number of fused-ring (bicyclic) bond motifs is 3. The number of hydrogen-bond acceptors (Lipinski definition) is 6. The van der Waals surface area contributed by atoms with Crippen molar-refractivity contribution < 1.29 is 19.0 Å². The Balaban J connectivity index is 1.85. The molecule has 2 N–H and O–H groups in total. The Labute approximate surface area is 217 Å². The first-order valence-electron chi connectivity index (χ1n) is 12.4. The van der Waals surface area contributed by atoms with Crippen molar-refractivity contribution in [1.29, 1.82) is 0 Å². The molecule has 7 heteroatoms. The maximum absolute atomic E-state index is 13.4. The lowest BCUT2D eigenvalue weighted by molar-refractivity contribution is -0.119. The first-order valence-corrected chi connectivity index (χ1v) is 12.4. The average molecular weight is 503 g/mol. The first-order chi connectivity index (χ1) is 17.9. The van der Waals surface area contributed by atoms with Crippen LogP contribution in [0.2, 0.25) is 0 Å². The Morgan fingerprint density at radius 3 is 2.38 bits per heavy atom. The molecular weight excluding hydrogens is 468 g/mol. The van der Waals surface area contributed by atoms with Crippen molar-refractivity contribution in [1.82, 2.24) is 5.32 Å². The normalized spacial score (nSPS) is 14.9. The number of ether oxygens (including phenoxy) is 3. The van der Waals surface area contributed by atoms with Crippen LogP contribution >= 0.6 is 0 Å². The third-order valence-electron chi connectivity index (χ3n) is 6.88. The smallest absolute Gasteiger partial charge is 0.217 e. The van der Waals surface area contributed by atoms with Gasteiger partial charge >= 0.3 is 0 Å². The summed E-state index contributed by atoms with van der Waals surface area (Å²) in [7, 11) is 4.75. The molecule has 2 atom stereocenters. The first kappa shape index (κ1) is 26.1. The van der Waals surface area contributed by atoms with Crippen molar-refractivity contribution in [2.45, 2.75) is 38.6 Å². The van der Waals surface area contributed by atoms with Gasteiger partial charge in [-0.3, -0.25) is 9.59 Å². The summed E-state index contributed by atoms with van der Waals surface area (Å²) >= 11 is 0. The van der Waals surface area contributed by atoms with E-state index in [1.165, 1.54) is 12.5 Å². The van der Waals surface area contributed by atoms with Gasteiger partial charge in [0.05, 0.1) is 33.1 Å². The molecule has 37 heavy (non-hydrogen) atoms. The lowest BCUT2D eigenvalue weighted by Gasteiger charge is -2.19. The summed E-state index contributed by atoms with van der Waals surface area (Å²) in [5.41, 5.74) is 4.94. The predicted molar refractivity (Wildman–Crippen MR) is 146 cm³/mol. The molecule has 7 nitrogen and oxygen atoms in total. The average Bonchev–Trinajstić information content (AvgIpc) is 3.15. The molecule has 1 aliphatic rings. The van der Waals surface area contributed by atoms with Crippen molar-refractivity contribution in [3.05, 3.63) is 81.5 Å². The van der Waals surface area contributed by atoms with E-state index in [-0.39, 0.29) is 23.3 Å². The minimum absolute atomic E-state index is 0.139. The fourth-order valence-electron chi connectivity index (χ4n) is 5.02. The highest BCUT2D eigenvalue weighted by Gasteiger charge is 2.29. The molecule has 1 aliphatic carbocycles. The highest BCUT2D eigenvalue weighted by atomic mass is 16.5. The number of methoxy groups -OCH3 is 3. The summed E-state index contributed by atoms with van der Waals surface area (Å²) in [6.07, 6.45) is 1.28. The Kier molecular flexibility index (Phi) is 8.01. The second kappa shape index (κ2) is 11.4. The molecule has 194 valence electrons. The summed E-state index contributed by atoms with van der Waals surface area (Å²) in [6.45, 7) is 4.22. The zero-order valence-corrected chi connectivity index (χ0v) is 22.0. The summed E-state index contributed by atoms with van der Waals surface area (Å²) in [4.78, 5) is 25.5. The fourth-order valence-corrected chi connectivity index (χ4v) is 5.02. The second-order valence-corrected chi connectivity index (χ2v) is 9.29. The molecule has 0 saturated heterocycles. The van der Waals surface area contributed by atoms with Gasteiger partial charge in [-0.1, -0.05) is 43.3 Å². The Hall–Kier alpha value is -4.00. The Morgan fingerprint density at radius 2 is 1.73 bits per heavy atom. The minimum Gasteiger partial charge on any atom is -0.493 e. The number of nitrogens with one attached hydrogen (secondary N) is 2. The number of benzene rings is 2. The molecule has 0 aliphatic heterocycles. The SMILES string of the molecule is COc1cc2c(c(OC)c1OC)-c1ccc(NC[C@H](C)c3ccccc3)c(=O)cc1[C@@H](NC(C)=O)CC2. The molecule has 3 aromatic carbocycles.